The van der Waals surface area contributed by atoms with E-state index in [1.54, 1.807) is 0 Å². The molecular weight excluding hydrogens is 270 g/mol. The molecule has 1 N–H and O–H groups in total. The second kappa shape index (κ2) is 4.22. The van der Waals surface area contributed by atoms with Crippen LogP contribution in [0.1, 0.15) is 10.9 Å². The number of nitrogens with one attached hydrogen (secondary N) is 1. The second-order valence-corrected chi connectivity index (χ2v) is 5.41. The van der Waals surface area contributed by atoms with E-state index in [2.05, 4.69) is 27.3 Å². The Morgan fingerprint density at radius 3 is 3.08 bits per heavy atom. The Kier molecular flexibility index (Phi) is 3.19. The fourth-order valence-electron chi connectivity index (χ4n) is 1.34. The van der Waals surface area contributed by atoms with E-state index < -0.39 is 0 Å². The van der Waals surface area contributed by atoms with E-state index in [9.17, 15) is 0 Å². The first-order valence-electron chi connectivity index (χ1n) is 4.07. The van der Waals surface area contributed by atoms with Gasteiger partial charge in [0.1, 0.15) is 0 Å². The highest BCUT2D eigenvalue weighted by atomic mass is 79.9. The summed E-state index contributed by atoms with van der Waals surface area (Å²) in [4.78, 5) is 0. The largest absolute Gasteiger partial charge is 0.301 e. The molecule has 0 aliphatic carbocycles. The van der Waals surface area contributed by atoms with E-state index >= 15 is 0 Å². The summed E-state index contributed by atoms with van der Waals surface area (Å²) < 4.78 is 1.08. The van der Waals surface area contributed by atoms with E-state index in [0.717, 1.165) is 21.8 Å². The van der Waals surface area contributed by atoms with Crippen molar-refractivity contribution >= 4 is 39.3 Å². The maximum absolute atomic E-state index is 6.10. The maximum Gasteiger partial charge on any atom is 0.0804 e. The molecule has 0 spiro atoms. The Hall–Kier alpha value is 0.300. The van der Waals surface area contributed by atoms with Gasteiger partial charge in [0.05, 0.1) is 5.37 Å². The van der Waals surface area contributed by atoms with E-state index in [0.29, 0.717) is 5.37 Å². The van der Waals surface area contributed by atoms with Gasteiger partial charge in [-0.05, 0) is 23.8 Å². The van der Waals surface area contributed by atoms with Crippen LogP contribution < -0.4 is 5.32 Å². The van der Waals surface area contributed by atoms with Gasteiger partial charge < -0.3 is 5.32 Å². The fourth-order valence-corrected chi connectivity index (χ4v) is 3.09. The molecule has 1 fully saturated rings. The number of thioether (sulfide) groups is 1. The van der Waals surface area contributed by atoms with Crippen molar-refractivity contribution in [2.75, 3.05) is 12.3 Å². The van der Waals surface area contributed by atoms with Crippen molar-refractivity contribution in [3.05, 3.63) is 33.3 Å². The number of halogens is 2. The van der Waals surface area contributed by atoms with Gasteiger partial charge >= 0.3 is 0 Å². The minimum absolute atomic E-state index is 0.366. The van der Waals surface area contributed by atoms with Crippen LogP contribution in [-0.4, -0.2) is 12.3 Å². The smallest absolute Gasteiger partial charge is 0.0804 e. The Bertz CT molecular complexity index is 312. The summed E-state index contributed by atoms with van der Waals surface area (Å²) in [6, 6.07) is 5.98. The quantitative estimate of drug-likeness (QED) is 0.844. The SMILES string of the molecule is Clc1ccc(Br)cc1C1NCCS1. The van der Waals surface area contributed by atoms with E-state index in [1.165, 1.54) is 5.56 Å². The molecule has 0 aromatic heterocycles. The highest BCUT2D eigenvalue weighted by Gasteiger charge is 2.19. The number of rotatable bonds is 1. The summed E-state index contributed by atoms with van der Waals surface area (Å²) in [6.07, 6.45) is 0. The Labute approximate surface area is 95.4 Å². The Morgan fingerprint density at radius 2 is 2.38 bits per heavy atom. The highest BCUT2D eigenvalue weighted by Crippen LogP contribution is 2.35. The average Bonchev–Trinajstić information content (AvgIpc) is 2.61. The molecule has 13 heavy (non-hydrogen) atoms. The zero-order chi connectivity index (χ0) is 9.26. The number of hydrogen-bond acceptors (Lipinski definition) is 2. The van der Waals surface area contributed by atoms with E-state index in [-0.39, 0.29) is 0 Å². The van der Waals surface area contributed by atoms with Crippen molar-refractivity contribution in [1.82, 2.24) is 5.32 Å². The second-order valence-electron chi connectivity index (χ2n) is 2.87. The monoisotopic (exact) mass is 277 g/mol. The molecule has 1 atom stereocenters. The molecule has 1 aromatic carbocycles. The predicted octanol–water partition coefficient (Wildman–Crippen LogP) is 3.44. The van der Waals surface area contributed by atoms with Gasteiger partial charge in [0.15, 0.2) is 0 Å². The average molecular weight is 279 g/mol. The van der Waals surface area contributed by atoms with Crippen LogP contribution >= 0.6 is 39.3 Å². The van der Waals surface area contributed by atoms with Crippen LogP contribution in [0.4, 0.5) is 0 Å². The summed E-state index contributed by atoms with van der Waals surface area (Å²) in [5, 5.41) is 4.61. The van der Waals surface area contributed by atoms with Gasteiger partial charge in [-0.3, -0.25) is 0 Å². The van der Waals surface area contributed by atoms with Crippen molar-refractivity contribution in [2.45, 2.75) is 5.37 Å². The summed E-state index contributed by atoms with van der Waals surface area (Å²) in [7, 11) is 0. The van der Waals surface area contributed by atoms with Crippen molar-refractivity contribution < 1.29 is 0 Å². The number of hydrogen-bond donors (Lipinski definition) is 1. The first kappa shape index (κ1) is 9.84. The molecule has 70 valence electrons. The normalized spacial score (nSPS) is 22.2. The summed E-state index contributed by atoms with van der Waals surface area (Å²) in [5.41, 5.74) is 1.18. The molecule has 0 amide bonds. The van der Waals surface area contributed by atoms with Gasteiger partial charge in [0.25, 0.3) is 0 Å². The van der Waals surface area contributed by atoms with Gasteiger partial charge in [0.2, 0.25) is 0 Å². The Morgan fingerprint density at radius 1 is 1.54 bits per heavy atom. The number of benzene rings is 1. The molecule has 1 aliphatic rings. The van der Waals surface area contributed by atoms with Gasteiger partial charge in [-0.15, -0.1) is 11.8 Å². The van der Waals surface area contributed by atoms with Crippen LogP contribution in [0.25, 0.3) is 0 Å². The summed E-state index contributed by atoms with van der Waals surface area (Å²) in [6.45, 7) is 1.07. The lowest BCUT2D eigenvalue weighted by molar-refractivity contribution is 0.751. The van der Waals surface area contributed by atoms with Gasteiger partial charge in [-0.25, -0.2) is 0 Å². The molecule has 1 nitrogen and oxygen atoms in total. The molecule has 0 bridgehead atoms. The van der Waals surface area contributed by atoms with Crippen LogP contribution in [-0.2, 0) is 0 Å². The molecule has 1 heterocycles. The lowest BCUT2D eigenvalue weighted by atomic mass is 10.2. The van der Waals surface area contributed by atoms with Gasteiger partial charge in [-0.1, -0.05) is 27.5 Å². The third kappa shape index (κ3) is 2.21. The van der Waals surface area contributed by atoms with E-state index in [4.69, 9.17) is 11.6 Å². The van der Waals surface area contributed by atoms with Crippen LogP contribution in [0.5, 0.6) is 0 Å². The highest BCUT2D eigenvalue weighted by molar-refractivity contribution is 9.10. The molecule has 4 heteroatoms. The minimum atomic E-state index is 0.366. The molecule has 0 radical (unpaired) electrons. The van der Waals surface area contributed by atoms with Crippen molar-refractivity contribution in [3.8, 4) is 0 Å². The first-order valence-corrected chi connectivity index (χ1v) is 6.29. The lowest BCUT2D eigenvalue weighted by Crippen LogP contribution is -2.12. The van der Waals surface area contributed by atoms with Crippen LogP contribution in [0.3, 0.4) is 0 Å². The van der Waals surface area contributed by atoms with Crippen LogP contribution in [0.15, 0.2) is 22.7 Å². The van der Waals surface area contributed by atoms with E-state index in [1.807, 2.05) is 23.9 Å². The predicted molar refractivity (Wildman–Crippen MR) is 62.4 cm³/mol. The zero-order valence-corrected chi connectivity index (χ0v) is 10.0. The molecular formula is C9H9BrClNS. The van der Waals surface area contributed by atoms with Gasteiger partial charge in [0, 0.05) is 21.8 Å². The lowest BCUT2D eigenvalue weighted by Gasteiger charge is -2.11. The minimum Gasteiger partial charge on any atom is -0.301 e. The third-order valence-corrected chi connectivity index (χ3v) is 3.99. The standard InChI is InChI=1S/C9H9BrClNS/c10-6-1-2-8(11)7(5-6)9-12-3-4-13-9/h1-2,5,9,12H,3-4H2. The summed E-state index contributed by atoms with van der Waals surface area (Å²) in [5.74, 6) is 1.16. The van der Waals surface area contributed by atoms with Crippen molar-refractivity contribution in [1.29, 1.82) is 0 Å². The van der Waals surface area contributed by atoms with Crippen molar-refractivity contribution in [3.63, 3.8) is 0 Å². The summed E-state index contributed by atoms with van der Waals surface area (Å²) >= 11 is 11.5. The fraction of sp³-hybridized carbons (Fsp3) is 0.333. The maximum atomic E-state index is 6.10. The van der Waals surface area contributed by atoms with Crippen LogP contribution in [0.2, 0.25) is 5.02 Å². The van der Waals surface area contributed by atoms with Gasteiger partial charge in [-0.2, -0.15) is 0 Å². The molecule has 0 saturated carbocycles. The molecule has 2 rings (SSSR count). The molecule has 1 aliphatic heterocycles. The molecule has 1 aromatic rings. The molecule has 1 unspecified atom stereocenters. The Balaban J connectivity index is 2.32. The molecule has 1 saturated heterocycles. The first-order chi connectivity index (χ1) is 6.27. The van der Waals surface area contributed by atoms with Crippen molar-refractivity contribution in [2.24, 2.45) is 0 Å². The third-order valence-electron chi connectivity index (χ3n) is 1.96. The van der Waals surface area contributed by atoms with Crippen LogP contribution in [0, 0.1) is 0 Å². The topological polar surface area (TPSA) is 12.0 Å². The zero-order valence-electron chi connectivity index (χ0n) is 6.89.